The van der Waals surface area contributed by atoms with E-state index in [1.807, 2.05) is 23.6 Å². The molecule has 7 heteroatoms. The van der Waals surface area contributed by atoms with Crippen LogP contribution in [0.15, 0.2) is 42.5 Å². The Balaban J connectivity index is 1.61. The Hall–Kier alpha value is -2.86. The molecule has 0 saturated carbocycles. The van der Waals surface area contributed by atoms with Crippen LogP contribution in [0.25, 0.3) is 10.9 Å². The van der Waals surface area contributed by atoms with Gasteiger partial charge in [0, 0.05) is 27.7 Å². The van der Waals surface area contributed by atoms with Crippen molar-refractivity contribution in [1.82, 2.24) is 9.88 Å². The topological polar surface area (TPSA) is 71.3 Å². The second-order valence-electron chi connectivity index (χ2n) is 8.03. The first kappa shape index (κ1) is 21.4. The minimum atomic E-state index is -0.900. The Morgan fingerprint density at radius 2 is 2.10 bits per heavy atom. The monoisotopic (exact) mass is 442 g/mol. The number of aromatic nitrogens is 1. The van der Waals surface area contributed by atoms with Crippen LogP contribution in [0.1, 0.15) is 42.6 Å². The zero-order chi connectivity index (χ0) is 22.1. The molecule has 2 atom stereocenters. The summed E-state index contributed by atoms with van der Waals surface area (Å²) in [6, 6.07) is 10.9. The number of benzene rings is 2. The molecular weight excluding hydrogens is 419 g/mol. The molecular formula is C24H24ClFN2O3. The molecule has 0 radical (unpaired) electrons. The summed E-state index contributed by atoms with van der Waals surface area (Å²) in [5, 5.41) is 14.1. The highest BCUT2D eigenvalue weighted by Crippen LogP contribution is 2.36. The van der Waals surface area contributed by atoms with Crippen molar-refractivity contribution < 1.29 is 19.1 Å². The van der Waals surface area contributed by atoms with Crippen molar-refractivity contribution in [3.63, 3.8) is 0 Å². The first-order chi connectivity index (χ1) is 14.9. The summed E-state index contributed by atoms with van der Waals surface area (Å²) in [5.41, 5.74) is 3.42. The van der Waals surface area contributed by atoms with Gasteiger partial charge in [-0.2, -0.15) is 0 Å². The number of carbonyl (C=O) groups excluding carboxylic acids is 1. The third-order valence-corrected chi connectivity index (χ3v) is 6.20. The van der Waals surface area contributed by atoms with Crippen LogP contribution in [-0.4, -0.2) is 27.6 Å². The largest absolute Gasteiger partial charge is 0.480 e. The molecule has 2 aromatic carbocycles. The van der Waals surface area contributed by atoms with Crippen LogP contribution in [-0.2, 0) is 28.9 Å². The number of nitrogens with one attached hydrogen (secondary N) is 1. The van der Waals surface area contributed by atoms with E-state index in [4.69, 9.17) is 11.6 Å². The maximum atomic E-state index is 14.0. The van der Waals surface area contributed by atoms with E-state index >= 15 is 0 Å². The van der Waals surface area contributed by atoms with Gasteiger partial charge in [-0.15, -0.1) is 0 Å². The molecule has 1 amide bonds. The van der Waals surface area contributed by atoms with E-state index in [2.05, 4.69) is 5.32 Å². The number of halogens is 2. The molecule has 2 N–H and O–H groups in total. The zero-order valence-corrected chi connectivity index (χ0v) is 18.0. The molecule has 0 aliphatic heterocycles. The first-order valence-corrected chi connectivity index (χ1v) is 10.8. The van der Waals surface area contributed by atoms with Crippen molar-refractivity contribution >= 4 is 34.4 Å². The highest BCUT2D eigenvalue weighted by atomic mass is 35.5. The lowest BCUT2D eigenvalue weighted by Crippen LogP contribution is -2.40. The summed E-state index contributed by atoms with van der Waals surface area (Å²) in [6.45, 7) is 1.84. The van der Waals surface area contributed by atoms with Crippen LogP contribution in [0.3, 0.4) is 0 Å². The molecule has 1 unspecified atom stereocenters. The predicted octanol–water partition coefficient (Wildman–Crippen LogP) is 4.69. The van der Waals surface area contributed by atoms with Gasteiger partial charge in [-0.25, -0.2) is 9.18 Å². The van der Waals surface area contributed by atoms with Crippen LogP contribution >= 0.6 is 11.6 Å². The van der Waals surface area contributed by atoms with E-state index in [-0.39, 0.29) is 24.2 Å². The molecule has 1 aromatic heterocycles. The molecule has 0 bridgehead atoms. The summed E-state index contributed by atoms with van der Waals surface area (Å²) in [7, 11) is 0. The number of nitrogens with zero attached hydrogens (tertiary/aromatic N) is 1. The molecule has 0 fully saturated rings. The first-order valence-electron chi connectivity index (χ1n) is 10.4. The molecule has 162 valence electrons. The molecule has 3 aromatic rings. The summed E-state index contributed by atoms with van der Waals surface area (Å²) < 4.78 is 15.9. The molecule has 0 spiro atoms. The average Bonchev–Trinajstić information content (AvgIpc) is 3.01. The Labute approximate surface area is 184 Å². The number of hydrogen-bond donors (Lipinski definition) is 2. The highest BCUT2D eigenvalue weighted by molar-refractivity contribution is 6.30. The van der Waals surface area contributed by atoms with Gasteiger partial charge in [0.1, 0.15) is 11.9 Å². The van der Waals surface area contributed by atoms with E-state index in [1.54, 1.807) is 18.2 Å². The Kier molecular flexibility index (Phi) is 6.01. The number of aliphatic carboxylic acids is 1. The molecule has 31 heavy (non-hydrogen) atoms. The lowest BCUT2D eigenvalue weighted by molar-refractivity contribution is -0.141. The predicted molar refractivity (Wildman–Crippen MR) is 118 cm³/mol. The maximum absolute atomic E-state index is 14.0. The Morgan fingerprint density at radius 1 is 1.29 bits per heavy atom. The van der Waals surface area contributed by atoms with Crippen LogP contribution < -0.4 is 5.32 Å². The normalized spacial score (nSPS) is 16.7. The van der Waals surface area contributed by atoms with Gasteiger partial charge >= 0.3 is 5.97 Å². The smallest absolute Gasteiger partial charge is 0.326 e. The van der Waals surface area contributed by atoms with Crippen molar-refractivity contribution in [2.75, 3.05) is 0 Å². The van der Waals surface area contributed by atoms with Gasteiger partial charge < -0.3 is 15.0 Å². The van der Waals surface area contributed by atoms with Gasteiger partial charge in [-0.1, -0.05) is 30.7 Å². The molecule has 1 heterocycles. The maximum Gasteiger partial charge on any atom is 0.326 e. The van der Waals surface area contributed by atoms with Crippen molar-refractivity contribution in [3.05, 3.63) is 70.1 Å². The number of carboxylic acid groups (broad SMARTS) is 1. The van der Waals surface area contributed by atoms with E-state index < -0.39 is 12.0 Å². The fourth-order valence-corrected chi connectivity index (χ4v) is 4.84. The third-order valence-electron chi connectivity index (χ3n) is 5.96. The van der Waals surface area contributed by atoms with E-state index in [9.17, 15) is 19.1 Å². The number of hydrogen-bond acceptors (Lipinski definition) is 2. The van der Waals surface area contributed by atoms with Gasteiger partial charge in [-0.3, -0.25) is 4.79 Å². The van der Waals surface area contributed by atoms with Crippen LogP contribution in [0.4, 0.5) is 4.39 Å². The second-order valence-corrected chi connectivity index (χ2v) is 8.47. The lowest BCUT2D eigenvalue weighted by atomic mass is 9.91. The summed E-state index contributed by atoms with van der Waals surface area (Å²) in [6.07, 6.45) is 2.53. The molecule has 0 saturated heterocycles. The number of amides is 1. The molecule has 1 aliphatic carbocycles. The van der Waals surface area contributed by atoms with Crippen molar-refractivity contribution in [2.24, 2.45) is 0 Å². The highest BCUT2D eigenvalue weighted by Gasteiger charge is 2.30. The quantitative estimate of drug-likeness (QED) is 0.582. The van der Waals surface area contributed by atoms with Crippen LogP contribution in [0.2, 0.25) is 5.02 Å². The van der Waals surface area contributed by atoms with Crippen LogP contribution in [0, 0.1) is 5.82 Å². The Morgan fingerprint density at radius 3 is 2.81 bits per heavy atom. The van der Waals surface area contributed by atoms with Gasteiger partial charge in [0.05, 0.1) is 6.42 Å². The number of carboxylic acids is 1. The van der Waals surface area contributed by atoms with Gasteiger partial charge in [0.25, 0.3) is 0 Å². The minimum Gasteiger partial charge on any atom is -0.480 e. The Bertz CT molecular complexity index is 1160. The van der Waals surface area contributed by atoms with Gasteiger partial charge in [0.15, 0.2) is 0 Å². The van der Waals surface area contributed by atoms with Crippen molar-refractivity contribution in [2.45, 2.75) is 51.1 Å². The zero-order valence-electron chi connectivity index (χ0n) is 17.2. The fraction of sp³-hybridized carbons (Fsp3) is 0.333. The lowest BCUT2D eigenvalue weighted by Gasteiger charge is -2.26. The van der Waals surface area contributed by atoms with Gasteiger partial charge in [0.2, 0.25) is 5.91 Å². The standard InChI is InChI=1S/C24H24ClFN2O3/c1-2-20(24(30)31)28-21-8-6-16(26)12-18(21)19-13-17(7-9-22(19)28)27-23(29)11-14-4-3-5-15(25)10-14/h3-6,8,10,12,17,20H,2,7,9,11,13H2,1H3,(H,27,29)(H,30,31)/t17-,20?/m1/s1. The molecule has 5 nitrogen and oxygen atoms in total. The molecule has 4 rings (SSSR count). The SMILES string of the molecule is CCC(C(=O)O)n1c2c(c3cc(F)ccc31)C[C@H](NC(=O)Cc1cccc(Cl)c1)CC2. The van der Waals surface area contributed by atoms with E-state index in [0.29, 0.717) is 30.7 Å². The fourth-order valence-electron chi connectivity index (χ4n) is 4.62. The summed E-state index contributed by atoms with van der Waals surface area (Å²) in [4.78, 5) is 24.4. The number of carbonyl (C=O) groups is 2. The second kappa shape index (κ2) is 8.71. The summed E-state index contributed by atoms with van der Waals surface area (Å²) >= 11 is 6.00. The third kappa shape index (κ3) is 4.30. The van der Waals surface area contributed by atoms with Crippen molar-refractivity contribution in [1.29, 1.82) is 0 Å². The summed E-state index contributed by atoms with van der Waals surface area (Å²) in [5.74, 6) is -1.35. The molecule has 1 aliphatic rings. The average molecular weight is 443 g/mol. The van der Waals surface area contributed by atoms with E-state index in [1.165, 1.54) is 12.1 Å². The van der Waals surface area contributed by atoms with Crippen LogP contribution in [0.5, 0.6) is 0 Å². The number of rotatable bonds is 6. The number of fused-ring (bicyclic) bond motifs is 3. The van der Waals surface area contributed by atoms with E-state index in [0.717, 1.165) is 27.7 Å². The minimum absolute atomic E-state index is 0.0913. The van der Waals surface area contributed by atoms with Gasteiger partial charge in [-0.05, 0) is 67.1 Å². The van der Waals surface area contributed by atoms with Crippen molar-refractivity contribution in [3.8, 4) is 0 Å².